The Balaban J connectivity index is 4.14. The number of phosphoric acid groups is 1. The number of hydrogen-bond donors (Lipinski definition) is 1. The fourth-order valence-corrected chi connectivity index (χ4v) is 7.83. The number of allylic oxidation sites excluding steroid dienone is 8. The van der Waals surface area contributed by atoms with Crippen molar-refractivity contribution in [1.29, 1.82) is 0 Å². The minimum absolute atomic E-state index is 0.0851. The molecule has 9 heteroatoms. The second-order valence-electron chi connectivity index (χ2n) is 18.5. The van der Waals surface area contributed by atoms with Crippen molar-refractivity contribution in [3.8, 4) is 0 Å². The van der Waals surface area contributed by atoms with E-state index in [4.69, 9.17) is 18.5 Å². The van der Waals surface area contributed by atoms with Crippen molar-refractivity contribution in [2.24, 2.45) is 0 Å². The van der Waals surface area contributed by atoms with Crippen molar-refractivity contribution in [3.05, 3.63) is 48.6 Å². The summed E-state index contributed by atoms with van der Waals surface area (Å²) >= 11 is 0. The summed E-state index contributed by atoms with van der Waals surface area (Å²) in [6, 6.07) is 0. The Morgan fingerprint density at radius 3 is 1.32 bits per heavy atom. The van der Waals surface area contributed by atoms with Crippen LogP contribution in [0.5, 0.6) is 0 Å². The van der Waals surface area contributed by atoms with Gasteiger partial charge in [0.15, 0.2) is 0 Å². The molecule has 0 heterocycles. The Morgan fingerprint density at radius 2 is 0.887 bits per heavy atom. The molecule has 0 spiro atoms. The molecule has 0 aliphatic carbocycles. The predicted molar refractivity (Wildman–Crippen MR) is 266 cm³/mol. The number of carbonyl (C=O) groups excluding carboxylic acids is 1. The fraction of sp³-hybridized carbons (Fsp3) is 0.830. The topological polar surface area (TPSA) is 91.3 Å². The molecule has 364 valence electrons. The van der Waals surface area contributed by atoms with Gasteiger partial charge in [0.05, 0.1) is 34.4 Å². The first-order valence-electron chi connectivity index (χ1n) is 25.9. The van der Waals surface area contributed by atoms with Crippen LogP contribution in [0, 0.1) is 0 Å². The summed E-state index contributed by atoms with van der Waals surface area (Å²) in [4.78, 5) is 23.0. The van der Waals surface area contributed by atoms with Crippen LogP contribution in [0.2, 0.25) is 0 Å². The molecule has 0 aromatic heterocycles. The van der Waals surface area contributed by atoms with Gasteiger partial charge >= 0.3 is 13.8 Å². The third kappa shape index (κ3) is 49.5. The number of unbranched alkanes of at least 4 members (excludes halogenated alkanes) is 26. The Bertz CT molecular complexity index is 1130. The molecule has 0 amide bonds. The Hall–Kier alpha value is -1.54. The van der Waals surface area contributed by atoms with Gasteiger partial charge in [-0.15, -0.1) is 0 Å². The van der Waals surface area contributed by atoms with Crippen molar-refractivity contribution >= 4 is 13.8 Å². The lowest BCUT2D eigenvalue weighted by Crippen LogP contribution is -2.37. The maximum absolute atomic E-state index is 12.8. The predicted octanol–water partition coefficient (Wildman–Crippen LogP) is 15.9. The number of nitrogens with zero attached hydrogens (tertiary/aromatic N) is 1. The number of quaternary nitrogens is 1. The van der Waals surface area contributed by atoms with Gasteiger partial charge in [-0.3, -0.25) is 13.8 Å². The van der Waals surface area contributed by atoms with Crippen LogP contribution in [-0.2, 0) is 27.9 Å². The number of hydrogen-bond acceptors (Lipinski definition) is 6. The largest absolute Gasteiger partial charge is 0.472 e. The molecule has 0 rings (SSSR count). The number of ether oxygens (including phenoxy) is 2. The van der Waals surface area contributed by atoms with E-state index in [0.717, 1.165) is 51.4 Å². The Labute approximate surface area is 384 Å². The average Bonchev–Trinajstić information content (AvgIpc) is 3.23. The highest BCUT2D eigenvalue weighted by atomic mass is 31.2. The molecular formula is C53H101NO7P+. The number of phosphoric ester groups is 1. The summed E-state index contributed by atoms with van der Waals surface area (Å²) in [6.45, 7) is 5.59. The van der Waals surface area contributed by atoms with Gasteiger partial charge < -0.3 is 18.9 Å². The van der Waals surface area contributed by atoms with Crippen LogP contribution in [0.3, 0.4) is 0 Å². The maximum Gasteiger partial charge on any atom is 0.472 e. The van der Waals surface area contributed by atoms with Gasteiger partial charge in [0.25, 0.3) is 0 Å². The van der Waals surface area contributed by atoms with Crippen LogP contribution in [0.4, 0.5) is 0 Å². The number of likely N-dealkylation sites (N-methyl/N-ethyl adjacent to an activating group) is 1. The van der Waals surface area contributed by atoms with Crippen molar-refractivity contribution in [3.63, 3.8) is 0 Å². The highest BCUT2D eigenvalue weighted by Gasteiger charge is 2.26. The van der Waals surface area contributed by atoms with Gasteiger partial charge in [0.2, 0.25) is 0 Å². The average molecular weight is 895 g/mol. The summed E-state index contributed by atoms with van der Waals surface area (Å²) in [5.41, 5.74) is 0. The minimum Gasteiger partial charge on any atom is -0.457 e. The second kappa shape index (κ2) is 46.0. The Morgan fingerprint density at radius 1 is 0.500 bits per heavy atom. The van der Waals surface area contributed by atoms with Gasteiger partial charge in [-0.2, -0.15) is 0 Å². The zero-order valence-electron chi connectivity index (χ0n) is 41.4. The van der Waals surface area contributed by atoms with E-state index in [1.165, 1.54) is 154 Å². The molecule has 0 radical (unpaired) electrons. The first-order chi connectivity index (χ1) is 30.1. The summed E-state index contributed by atoms with van der Waals surface area (Å²) in [5, 5.41) is 0. The van der Waals surface area contributed by atoms with E-state index in [0.29, 0.717) is 24.1 Å². The van der Waals surface area contributed by atoms with Gasteiger partial charge in [0.1, 0.15) is 19.3 Å². The number of carbonyl (C=O) groups is 1. The quantitative estimate of drug-likeness (QED) is 0.0214. The van der Waals surface area contributed by atoms with Crippen molar-refractivity contribution in [1.82, 2.24) is 0 Å². The van der Waals surface area contributed by atoms with E-state index in [1.807, 2.05) is 21.1 Å². The monoisotopic (exact) mass is 895 g/mol. The third-order valence-corrected chi connectivity index (χ3v) is 12.1. The number of rotatable bonds is 48. The van der Waals surface area contributed by atoms with Gasteiger partial charge in [-0.25, -0.2) is 4.57 Å². The van der Waals surface area contributed by atoms with Crippen molar-refractivity contribution in [2.45, 2.75) is 232 Å². The SMILES string of the molecule is CCCCCC/C=C\C/C=C\CCCCCCCCOCC(COP(=O)(O)OCC[N+](C)(C)C)OC(=O)CCCCCCCCCCCCC/C=C\C/C=C\CCCCCCC. The molecule has 0 saturated heterocycles. The lowest BCUT2D eigenvalue weighted by molar-refractivity contribution is -0.870. The zero-order chi connectivity index (χ0) is 45.5. The normalized spacial score (nSPS) is 14.0. The fourth-order valence-electron chi connectivity index (χ4n) is 7.08. The molecule has 62 heavy (non-hydrogen) atoms. The smallest absolute Gasteiger partial charge is 0.457 e. The lowest BCUT2D eigenvalue weighted by atomic mass is 10.0. The van der Waals surface area contributed by atoms with Crippen LogP contribution in [0.25, 0.3) is 0 Å². The van der Waals surface area contributed by atoms with Crippen LogP contribution >= 0.6 is 7.82 Å². The molecule has 2 atom stereocenters. The highest BCUT2D eigenvalue weighted by molar-refractivity contribution is 7.47. The van der Waals surface area contributed by atoms with E-state index >= 15 is 0 Å². The van der Waals surface area contributed by atoms with Crippen molar-refractivity contribution in [2.75, 3.05) is 54.1 Å². The minimum atomic E-state index is -4.28. The van der Waals surface area contributed by atoms with Crippen molar-refractivity contribution < 1.29 is 37.3 Å². The van der Waals surface area contributed by atoms with E-state index < -0.39 is 13.9 Å². The standard InChI is InChI=1S/C53H100NO7P/c1-6-8-10-12-14-16-18-20-22-24-25-26-27-28-29-30-32-34-36-38-40-42-44-46-53(55)61-52(51-60-62(56,57)59-49-47-54(3,4)5)50-58-48-45-43-41-39-37-35-33-31-23-21-19-17-15-13-11-9-7-2/h17-20,23-25,31,52H,6-16,21-22,26-30,32-51H2,1-5H3/p+1/b19-17-,20-18-,25-24-,31-23-. The van der Waals surface area contributed by atoms with Crippen LogP contribution < -0.4 is 0 Å². The van der Waals surface area contributed by atoms with E-state index in [2.05, 4.69) is 62.5 Å². The molecule has 2 unspecified atom stereocenters. The molecular weight excluding hydrogens is 794 g/mol. The van der Waals surface area contributed by atoms with E-state index in [-0.39, 0.29) is 25.8 Å². The molecule has 0 fully saturated rings. The third-order valence-electron chi connectivity index (χ3n) is 11.1. The van der Waals surface area contributed by atoms with E-state index in [9.17, 15) is 14.3 Å². The van der Waals surface area contributed by atoms with E-state index in [1.54, 1.807) is 0 Å². The van der Waals surface area contributed by atoms with Gasteiger partial charge in [-0.1, -0.05) is 191 Å². The first-order valence-corrected chi connectivity index (χ1v) is 27.4. The zero-order valence-corrected chi connectivity index (χ0v) is 42.3. The molecule has 0 aliphatic rings. The van der Waals surface area contributed by atoms with Crippen LogP contribution in [0.1, 0.15) is 226 Å². The molecule has 8 nitrogen and oxygen atoms in total. The summed E-state index contributed by atoms with van der Waals surface area (Å²) in [5.74, 6) is -0.319. The molecule has 0 aromatic carbocycles. The summed E-state index contributed by atoms with van der Waals surface area (Å²) in [6.07, 6.45) is 57.2. The maximum atomic E-state index is 12.8. The highest BCUT2D eigenvalue weighted by Crippen LogP contribution is 2.43. The molecule has 0 bridgehead atoms. The molecule has 0 aliphatic heterocycles. The van der Waals surface area contributed by atoms with Crippen LogP contribution in [0.15, 0.2) is 48.6 Å². The first kappa shape index (κ1) is 60.5. The lowest BCUT2D eigenvalue weighted by Gasteiger charge is -2.24. The van der Waals surface area contributed by atoms with Gasteiger partial charge in [0, 0.05) is 13.0 Å². The second-order valence-corrected chi connectivity index (χ2v) is 20.0. The molecule has 1 N–H and O–H groups in total. The summed E-state index contributed by atoms with van der Waals surface area (Å²) in [7, 11) is 1.66. The number of esters is 1. The van der Waals surface area contributed by atoms with Gasteiger partial charge in [-0.05, 0) is 77.0 Å². The van der Waals surface area contributed by atoms with Crippen LogP contribution in [-0.4, -0.2) is 75.6 Å². The molecule has 0 aromatic rings. The summed E-state index contributed by atoms with van der Waals surface area (Å²) < 4.78 is 35.1. The molecule has 0 saturated carbocycles. The Kier molecular flexibility index (Phi) is 44.9.